The minimum absolute atomic E-state index is 0.207. The predicted molar refractivity (Wildman–Crippen MR) is 53.5 cm³/mol. The fourth-order valence-corrected chi connectivity index (χ4v) is 1.47. The molecule has 2 aromatic rings. The van der Waals surface area contributed by atoms with E-state index in [4.69, 9.17) is 10.2 Å². The number of halogens is 1. The lowest BCUT2D eigenvalue weighted by Gasteiger charge is -1.96. The van der Waals surface area contributed by atoms with E-state index < -0.39 is 0 Å². The number of hydrogen-bond acceptors (Lipinski definition) is 2. The van der Waals surface area contributed by atoms with E-state index >= 15 is 0 Å². The van der Waals surface area contributed by atoms with Crippen LogP contribution in [-0.4, -0.2) is 0 Å². The molecule has 74 valence electrons. The zero-order chi connectivity index (χ0) is 10.3. The van der Waals surface area contributed by atoms with Gasteiger partial charge in [-0.25, -0.2) is 4.39 Å². The van der Waals surface area contributed by atoms with Crippen LogP contribution < -0.4 is 5.73 Å². The van der Waals surface area contributed by atoms with Crippen molar-refractivity contribution in [2.75, 3.05) is 0 Å². The van der Waals surface area contributed by atoms with E-state index in [9.17, 15) is 4.39 Å². The lowest BCUT2D eigenvalue weighted by molar-refractivity contribution is 0.493. The maximum Gasteiger partial charge on any atom is 0.170 e. The largest absolute Gasteiger partial charge is 0.456 e. The lowest BCUT2D eigenvalue weighted by atomic mass is 10.1. The molecule has 0 bridgehead atoms. The van der Waals surface area contributed by atoms with Crippen LogP contribution in [0.3, 0.4) is 0 Å². The third-order valence-corrected chi connectivity index (χ3v) is 2.32. The van der Waals surface area contributed by atoms with E-state index in [-0.39, 0.29) is 11.9 Å². The van der Waals surface area contributed by atoms with Crippen molar-refractivity contribution >= 4 is 11.0 Å². The molecule has 14 heavy (non-hydrogen) atoms. The normalized spacial score (nSPS) is 13.4. The van der Waals surface area contributed by atoms with Gasteiger partial charge in [0.25, 0.3) is 0 Å². The maximum absolute atomic E-state index is 13.3. The van der Waals surface area contributed by atoms with Gasteiger partial charge in [0.1, 0.15) is 5.76 Å². The van der Waals surface area contributed by atoms with Crippen molar-refractivity contribution in [1.29, 1.82) is 0 Å². The quantitative estimate of drug-likeness (QED) is 0.756. The standard InChI is InChI=1S/C11H12FNO/c1-6-3-4-9(12)11-8(6)5-10(14-11)7(2)13/h3-5,7H,13H2,1-2H3. The number of furan rings is 1. The summed E-state index contributed by atoms with van der Waals surface area (Å²) in [4.78, 5) is 0. The molecule has 0 spiro atoms. The van der Waals surface area contributed by atoms with Crippen LogP contribution in [0.15, 0.2) is 22.6 Å². The first-order valence-electron chi connectivity index (χ1n) is 4.53. The van der Waals surface area contributed by atoms with Crippen LogP contribution in [0.4, 0.5) is 4.39 Å². The number of rotatable bonds is 1. The highest BCUT2D eigenvalue weighted by atomic mass is 19.1. The van der Waals surface area contributed by atoms with Gasteiger partial charge >= 0.3 is 0 Å². The van der Waals surface area contributed by atoms with Gasteiger partial charge in [-0.15, -0.1) is 0 Å². The Balaban J connectivity index is 2.75. The first kappa shape index (κ1) is 9.21. The van der Waals surface area contributed by atoms with Gasteiger partial charge < -0.3 is 10.2 Å². The Morgan fingerprint density at radius 2 is 2.14 bits per heavy atom. The smallest absolute Gasteiger partial charge is 0.170 e. The summed E-state index contributed by atoms with van der Waals surface area (Å²) < 4.78 is 18.6. The summed E-state index contributed by atoms with van der Waals surface area (Å²) in [5.41, 5.74) is 6.96. The topological polar surface area (TPSA) is 39.2 Å². The molecule has 0 aliphatic carbocycles. The van der Waals surface area contributed by atoms with Crippen LogP contribution in [-0.2, 0) is 0 Å². The van der Waals surface area contributed by atoms with Gasteiger partial charge in [0.2, 0.25) is 0 Å². The number of hydrogen-bond donors (Lipinski definition) is 1. The van der Waals surface area contributed by atoms with E-state index in [1.165, 1.54) is 6.07 Å². The first-order valence-corrected chi connectivity index (χ1v) is 4.53. The Hall–Kier alpha value is -1.35. The Bertz CT molecular complexity index is 434. The van der Waals surface area contributed by atoms with Gasteiger partial charge in [0, 0.05) is 5.39 Å². The molecule has 0 aliphatic rings. The second kappa shape index (κ2) is 3.10. The molecule has 2 N–H and O–H groups in total. The molecule has 0 amide bonds. The number of nitrogens with two attached hydrogens (primary N) is 1. The molecular formula is C11H12FNO. The number of fused-ring (bicyclic) bond motifs is 1. The van der Waals surface area contributed by atoms with Gasteiger partial charge in [0.05, 0.1) is 6.04 Å². The molecule has 2 rings (SSSR count). The van der Waals surface area contributed by atoms with E-state index in [0.717, 1.165) is 10.9 Å². The molecule has 1 aromatic heterocycles. The van der Waals surface area contributed by atoms with Crippen molar-refractivity contribution in [2.45, 2.75) is 19.9 Å². The third-order valence-electron chi connectivity index (χ3n) is 2.32. The Morgan fingerprint density at radius 1 is 1.43 bits per heavy atom. The molecule has 0 saturated carbocycles. The average Bonchev–Trinajstić information content (AvgIpc) is 2.57. The second-order valence-corrected chi connectivity index (χ2v) is 3.54. The van der Waals surface area contributed by atoms with Crippen molar-refractivity contribution in [2.24, 2.45) is 5.73 Å². The highest BCUT2D eigenvalue weighted by molar-refractivity contribution is 5.82. The summed E-state index contributed by atoms with van der Waals surface area (Å²) in [7, 11) is 0. The zero-order valence-electron chi connectivity index (χ0n) is 8.17. The SMILES string of the molecule is Cc1ccc(F)c2oc(C(C)N)cc12. The van der Waals surface area contributed by atoms with Crippen LogP contribution >= 0.6 is 0 Å². The fraction of sp³-hybridized carbons (Fsp3) is 0.273. The molecule has 0 radical (unpaired) electrons. The number of benzene rings is 1. The molecule has 1 atom stereocenters. The molecule has 3 heteroatoms. The molecule has 1 aromatic carbocycles. The van der Waals surface area contributed by atoms with E-state index in [0.29, 0.717) is 11.3 Å². The summed E-state index contributed by atoms with van der Waals surface area (Å²) >= 11 is 0. The van der Waals surface area contributed by atoms with E-state index in [1.54, 1.807) is 12.1 Å². The molecule has 0 saturated heterocycles. The molecule has 0 fully saturated rings. The fourth-order valence-electron chi connectivity index (χ4n) is 1.47. The number of aryl methyl sites for hydroxylation is 1. The Morgan fingerprint density at radius 3 is 2.71 bits per heavy atom. The van der Waals surface area contributed by atoms with Gasteiger partial charge in [-0.05, 0) is 31.5 Å². The first-order chi connectivity index (χ1) is 6.59. The molecular weight excluding hydrogens is 181 g/mol. The Kier molecular flexibility index (Phi) is 2.04. The van der Waals surface area contributed by atoms with Crippen molar-refractivity contribution in [3.05, 3.63) is 35.3 Å². The highest BCUT2D eigenvalue weighted by Crippen LogP contribution is 2.27. The molecule has 1 unspecified atom stereocenters. The Labute approximate surface area is 81.5 Å². The van der Waals surface area contributed by atoms with Crippen molar-refractivity contribution in [3.8, 4) is 0 Å². The lowest BCUT2D eigenvalue weighted by Crippen LogP contribution is -2.02. The summed E-state index contributed by atoms with van der Waals surface area (Å²) in [5, 5.41) is 0.803. The summed E-state index contributed by atoms with van der Waals surface area (Å²) in [6, 6.07) is 4.74. The monoisotopic (exact) mass is 193 g/mol. The van der Waals surface area contributed by atoms with Crippen molar-refractivity contribution < 1.29 is 8.81 Å². The summed E-state index contributed by atoms with van der Waals surface area (Å²) in [6.45, 7) is 3.73. The highest BCUT2D eigenvalue weighted by Gasteiger charge is 2.12. The zero-order valence-corrected chi connectivity index (χ0v) is 8.17. The third kappa shape index (κ3) is 1.30. The molecule has 2 nitrogen and oxygen atoms in total. The maximum atomic E-state index is 13.3. The van der Waals surface area contributed by atoms with Crippen LogP contribution in [0.25, 0.3) is 11.0 Å². The average molecular weight is 193 g/mol. The molecule has 0 aliphatic heterocycles. The minimum atomic E-state index is -0.336. The summed E-state index contributed by atoms with van der Waals surface area (Å²) in [5.74, 6) is 0.283. The summed E-state index contributed by atoms with van der Waals surface area (Å²) in [6.07, 6.45) is 0. The van der Waals surface area contributed by atoms with Gasteiger partial charge in [-0.2, -0.15) is 0 Å². The van der Waals surface area contributed by atoms with Gasteiger partial charge in [-0.3, -0.25) is 0 Å². The van der Waals surface area contributed by atoms with Crippen molar-refractivity contribution in [3.63, 3.8) is 0 Å². The van der Waals surface area contributed by atoms with Crippen LogP contribution in [0.5, 0.6) is 0 Å². The van der Waals surface area contributed by atoms with Gasteiger partial charge in [-0.1, -0.05) is 6.07 Å². The molecule has 1 heterocycles. The van der Waals surface area contributed by atoms with Gasteiger partial charge in [0.15, 0.2) is 11.4 Å². The van der Waals surface area contributed by atoms with Crippen LogP contribution in [0, 0.1) is 12.7 Å². The van der Waals surface area contributed by atoms with Crippen molar-refractivity contribution in [1.82, 2.24) is 0 Å². The van der Waals surface area contributed by atoms with E-state index in [2.05, 4.69) is 0 Å². The van der Waals surface area contributed by atoms with E-state index in [1.807, 2.05) is 13.8 Å². The second-order valence-electron chi connectivity index (χ2n) is 3.54. The van der Waals surface area contributed by atoms with Crippen LogP contribution in [0.1, 0.15) is 24.3 Å². The predicted octanol–water partition coefficient (Wildman–Crippen LogP) is 2.90. The minimum Gasteiger partial charge on any atom is -0.456 e. The van der Waals surface area contributed by atoms with Crippen LogP contribution in [0.2, 0.25) is 0 Å².